The van der Waals surface area contributed by atoms with E-state index in [1.165, 1.54) is 11.6 Å². The van der Waals surface area contributed by atoms with Crippen molar-refractivity contribution in [1.82, 2.24) is 0 Å². The van der Waals surface area contributed by atoms with Crippen LogP contribution in [0.4, 0.5) is 4.39 Å². The first-order valence-electron chi connectivity index (χ1n) is 7.08. The maximum absolute atomic E-state index is 13.7. The van der Waals surface area contributed by atoms with E-state index in [0.29, 0.717) is 10.6 Å². The first kappa shape index (κ1) is 14.4. The molecule has 4 heteroatoms. The van der Waals surface area contributed by atoms with Gasteiger partial charge in [0.05, 0.1) is 0 Å². The monoisotopic (exact) mass is 305 g/mol. The highest BCUT2D eigenvalue weighted by Crippen LogP contribution is 2.31. The predicted octanol–water partition coefficient (Wildman–Crippen LogP) is 4.39. The third-order valence-corrected chi connectivity index (χ3v) is 4.12. The van der Waals surface area contributed by atoms with Crippen molar-refractivity contribution < 1.29 is 9.13 Å². The quantitative estimate of drug-likeness (QED) is 0.912. The van der Waals surface area contributed by atoms with Crippen LogP contribution in [0.2, 0.25) is 5.02 Å². The van der Waals surface area contributed by atoms with E-state index in [-0.39, 0.29) is 18.5 Å². The van der Waals surface area contributed by atoms with E-state index in [2.05, 4.69) is 6.07 Å². The number of ether oxygens (including phenoxy) is 1. The lowest BCUT2D eigenvalue weighted by Gasteiger charge is -2.22. The Morgan fingerprint density at radius 1 is 1.24 bits per heavy atom. The van der Waals surface area contributed by atoms with Crippen molar-refractivity contribution in [3.05, 3.63) is 63.9 Å². The molecule has 0 aliphatic heterocycles. The fourth-order valence-electron chi connectivity index (χ4n) is 2.70. The van der Waals surface area contributed by atoms with Gasteiger partial charge in [0, 0.05) is 16.6 Å². The second-order valence-electron chi connectivity index (χ2n) is 5.38. The predicted molar refractivity (Wildman–Crippen MR) is 82.1 cm³/mol. The smallest absolute Gasteiger partial charge is 0.131 e. The molecule has 0 bridgehead atoms. The van der Waals surface area contributed by atoms with Crippen molar-refractivity contribution in [3.8, 4) is 5.75 Å². The van der Waals surface area contributed by atoms with Crippen LogP contribution in [0.5, 0.6) is 5.75 Å². The zero-order valence-corrected chi connectivity index (χ0v) is 12.4. The molecule has 1 aliphatic carbocycles. The van der Waals surface area contributed by atoms with E-state index in [9.17, 15) is 4.39 Å². The SMILES string of the molecule is N[C@@H]1CCCc2ccc(OCc3ccc(Cl)cc3F)cc21. The van der Waals surface area contributed by atoms with Crippen LogP contribution in [-0.4, -0.2) is 0 Å². The van der Waals surface area contributed by atoms with Gasteiger partial charge in [-0.3, -0.25) is 0 Å². The Morgan fingerprint density at radius 2 is 2.10 bits per heavy atom. The maximum Gasteiger partial charge on any atom is 0.131 e. The van der Waals surface area contributed by atoms with E-state index in [1.54, 1.807) is 12.1 Å². The van der Waals surface area contributed by atoms with Gasteiger partial charge in [0.2, 0.25) is 0 Å². The van der Waals surface area contributed by atoms with Crippen molar-refractivity contribution in [2.45, 2.75) is 31.9 Å². The Morgan fingerprint density at radius 3 is 2.90 bits per heavy atom. The zero-order valence-electron chi connectivity index (χ0n) is 11.6. The molecule has 0 saturated carbocycles. The molecule has 0 radical (unpaired) electrons. The van der Waals surface area contributed by atoms with Crippen LogP contribution in [0.25, 0.3) is 0 Å². The van der Waals surface area contributed by atoms with Gasteiger partial charge in [-0.15, -0.1) is 0 Å². The van der Waals surface area contributed by atoms with Crippen LogP contribution >= 0.6 is 11.6 Å². The number of aryl methyl sites for hydroxylation is 1. The highest BCUT2D eigenvalue weighted by molar-refractivity contribution is 6.30. The molecule has 0 unspecified atom stereocenters. The summed E-state index contributed by atoms with van der Waals surface area (Å²) in [5.74, 6) is 0.373. The summed E-state index contributed by atoms with van der Waals surface area (Å²) in [5, 5.41) is 0.385. The Labute approximate surface area is 128 Å². The molecule has 3 rings (SSSR count). The molecule has 110 valence electrons. The molecule has 21 heavy (non-hydrogen) atoms. The van der Waals surface area contributed by atoms with Crippen LogP contribution < -0.4 is 10.5 Å². The van der Waals surface area contributed by atoms with Crippen LogP contribution in [0.15, 0.2) is 36.4 Å². The Hall–Kier alpha value is -1.58. The third-order valence-electron chi connectivity index (χ3n) is 3.89. The number of nitrogens with two attached hydrogens (primary N) is 1. The summed E-state index contributed by atoms with van der Waals surface area (Å²) >= 11 is 5.73. The summed E-state index contributed by atoms with van der Waals surface area (Å²) in [5.41, 5.74) is 9.06. The molecular formula is C17H17ClFNO. The summed E-state index contributed by atoms with van der Waals surface area (Å²) in [6.07, 6.45) is 3.20. The van der Waals surface area contributed by atoms with Crippen LogP contribution in [0, 0.1) is 5.82 Å². The normalized spacial score (nSPS) is 17.4. The van der Waals surface area contributed by atoms with Gasteiger partial charge >= 0.3 is 0 Å². The number of halogens is 2. The van der Waals surface area contributed by atoms with Crippen LogP contribution in [-0.2, 0) is 13.0 Å². The van der Waals surface area contributed by atoms with E-state index >= 15 is 0 Å². The molecule has 0 amide bonds. The summed E-state index contributed by atoms with van der Waals surface area (Å²) < 4.78 is 19.4. The summed E-state index contributed by atoms with van der Waals surface area (Å²) in [7, 11) is 0. The lowest BCUT2D eigenvalue weighted by Crippen LogP contribution is -2.17. The Bertz CT molecular complexity index is 659. The van der Waals surface area contributed by atoms with Crippen molar-refractivity contribution >= 4 is 11.6 Å². The van der Waals surface area contributed by atoms with Crippen LogP contribution in [0.3, 0.4) is 0 Å². The topological polar surface area (TPSA) is 35.2 Å². The van der Waals surface area contributed by atoms with E-state index in [1.807, 2.05) is 12.1 Å². The fraction of sp³-hybridized carbons (Fsp3) is 0.294. The zero-order chi connectivity index (χ0) is 14.8. The van der Waals surface area contributed by atoms with Crippen molar-refractivity contribution in [2.24, 2.45) is 5.73 Å². The minimum atomic E-state index is -0.350. The average Bonchev–Trinajstić information content (AvgIpc) is 2.47. The molecule has 2 aromatic carbocycles. The number of hydrogen-bond acceptors (Lipinski definition) is 2. The van der Waals surface area contributed by atoms with Crippen molar-refractivity contribution in [3.63, 3.8) is 0 Å². The maximum atomic E-state index is 13.7. The molecule has 0 heterocycles. The van der Waals surface area contributed by atoms with Gasteiger partial charge < -0.3 is 10.5 Å². The number of rotatable bonds is 3. The lowest BCUT2D eigenvalue weighted by molar-refractivity contribution is 0.299. The molecule has 1 aliphatic rings. The van der Waals surface area contributed by atoms with Crippen LogP contribution in [0.1, 0.15) is 35.6 Å². The summed E-state index contributed by atoms with van der Waals surface area (Å²) in [4.78, 5) is 0. The molecule has 2 nitrogen and oxygen atoms in total. The molecule has 1 atom stereocenters. The van der Waals surface area contributed by atoms with Crippen molar-refractivity contribution in [2.75, 3.05) is 0 Å². The van der Waals surface area contributed by atoms with Crippen molar-refractivity contribution in [1.29, 1.82) is 0 Å². The summed E-state index contributed by atoms with van der Waals surface area (Å²) in [6, 6.07) is 10.6. The second-order valence-corrected chi connectivity index (χ2v) is 5.82. The highest BCUT2D eigenvalue weighted by atomic mass is 35.5. The minimum Gasteiger partial charge on any atom is -0.489 e. The molecule has 0 saturated heterocycles. The molecule has 0 fully saturated rings. The molecule has 0 aromatic heterocycles. The molecule has 0 spiro atoms. The largest absolute Gasteiger partial charge is 0.489 e. The molecule has 2 aromatic rings. The van der Waals surface area contributed by atoms with Gasteiger partial charge in [-0.1, -0.05) is 23.7 Å². The lowest BCUT2D eigenvalue weighted by atomic mass is 9.88. The highest BCUT2D eigenvalue weighted by Gasteiger charge is 2.17. The van der Waals surface area contributed by atoms with E-state index in [0.717, 1.165) is 30.6 Å². The first-order valence-corrected chi connectivity index (χ1v) is 7.46. The van der Waals surface area contributed by atoms with Gasteiger partial charge in [0.1, 0.15) is 18.2 Å². The first-order chi connectivity index (χ1) is 10.1. The van der Waals surface area contributed by atoms with E-state index < -0.39 is 0 Å². The average molecular weight is 306 g/mol. The fourth-order valence-corrected chi connectivity index (χ4v) is 2.86. The van der Waals surface area contributed by atoms with Gasteiger partial charge in [-0.25, -0.2) is 4.39 Å². The van der Waals surface area contributed by atoms with Gasteiger partial charge in [0.25, 0.3) is 0 Å². The minimum absolute atomic E-state index is 0.0737. The third kappa shape index (κ3) is 3.20. The molecule has 2 N–H and O–H groups in total. The number of benzene rings is 2. The Balaban J connectivity index is 1.75. The van der Waals surface area contributed by atoms with E-state index in [4.69, 9.17) is 22.1 Å². The standard InChI is InChI=1S/C17H17ClFNO/c18-13-6-4-12(16(19)8-13)10-21-14-7-5-11-2-1-3-17(20)15(11)9-14/h4-9,17H,1-3,10,20H2/t17-/m1/s1. The van der Waals surface area contributed by atoms with Gasteiger partial charge in [-0.05, 0) is 54.7 Å². The Kier molecular flexibility index (Phi) is 4.13. The van der Waals surface area contributed by atoms with Gasteiger partial charge in [-0.2, -0.15) is 0 Å². The number of hydrogen-bond donors (Lipinski definition) is 1. The van der Waals surface area contributed by atoms with Gasteiger partial charge in [0.15, 0.2) is 0 Å². The molecular weight excluding hydrogens is 289 g/mol. The summed E-state index contributed by atoms with van der Waals surface area (Å²) in [6.45, 7) is 0.178. The number of fused-ring (bicyclic) bond motifs is 1. The second kappa shape index (κ2) is 6.04.